The molecule has 0 spiro atoms. The maximum atomic E-state index is 14.7. The summed E-state index contributed by atoms with van der Waals surface area (Å²) in [4.78, 5) is 4.67. The smallest absolute Gasteiger partial charge is 0.251 e. The van der Waals surface area contributed by atoms with Gasteiger partial charge in [-0.2, -0.15) is 0 Å². The van der Waals surface area contributed by atoms with Crippen LogP contribution in [0.1, 0.15) is 42.3 Å². The monoisotopic (exact) mass is 392 g/mol. The molecule has 1 N–H and O–H groups in total. The Morgan fingerprint density at radius 3 is 2.39 bits per heavy atom. The molecule has 1 aliphatic rings. The number of hydrogen-bond acceptors (Lipinski definition) is 1. The molecule has 0 saturated heterocycles. The highest BCUT2D eigenvalue weighted by atomic mass is 19.3. The molecule has 1 aromatic heterocycles. The summed E-state index contributed by atoms with van der Waals surface area (Å²) in [6.07, 6.45) is -2.03. The lowest BCUT2D eigenvalue weighted by atomic mass is 9.91. The minimum atomic E-state index is -2.58. The highest BCUT2D eigenvalue weighted by Gasteiger charge is 2.36. The van der Waals surface area contributed by atoms with Crippen LogP contribution in [0.4, 0.5) is 17.6 Å². The molecule has 0 saturated carbocycles. The van der Waals surface area contributed by atoms with Crippen molar-refractivity contribution in [3.8, 4) is 0 Å². The van der Waals surface area contributed by atoms with Crippen molar-refractivity contribution in [3.05, 3.63) is 70.4 Å². The Morgan fingerprint density at radius 1 is 1.11 bits per heavy atom. The van der Waals surface area contributed by atoms with Gasteiger partial charge in [-0.05, 0) is 42.7 Å². The Balaban J connectivity index is 0.00000109. The fraction of sp³-hybridized carbons (Fsp3) is 0.364. The molecule has 1 atom stereocenters. The summed E-state index contributed by atoms with van der Waals surface area (Å²) in [6.45, 7) is 5.38. The molecule has 28 heavy (non-hydrogen) atoms. The second kappa shape index (κ2) is 8.35. The highest BCUT2D eigenvalue weighted by Crippen LogP contribution is 2.40. The van der Waals surface area contributed by atoms with Gasteiger partial charge in [-0.25, -0.2) is 17.6 Å². The van der Waals surface area contributed by atoms with Crippen molar-refractivity contribution < 1.29 is 17.6 Å². The number of aromatic amines is 1. The number of halogens is 4. The molecule has 6 heteroatoms. The number of fused-ring (bicyclic) bond motifs is 3. The molecule has 0 bridgehead atoms. The van der Waals surface area contributed by atoms with Crippen LogP contribution in [0, 0.1) is 18.6 Å². The van der Waals surface area contributed by atoms with Crippen LogP contribution in [0.15, 0.2) is 36.4 Å². The maximum Gasteiger partial charge on any atom is 0.251 e. The van der Waals surface area contributed by atoms with Crippen LogP contribution in [0.25, 0.3) is 10.9 Å². The minimum Gasteiger partial charge on any atom is -0.357 e. The van der Waals surface area contributed by atoms with Gasteiger partial charge in [0.05, 0.1) is 12.6 Å². The Labute approximate surface area is 162 Å². The molecule has 0 fully saturated rings. The van der Waals surface area contributed by atoms with E-state index in [1.807, 2.05) is 38.1 Å². The number of H-pyrrole nitrogens is 1. The fourth-order valence-electron chi connectivity index (χ4n) is 3.96. The van der Waals surface area contributed by atoms with Gasteiger partial charge in [0.25, 0.3) is 6.43 Å². The second-order valence-corrected chi connectivity index (χ2v) is 6.74. The van der Waals surface area contributed by atoms with Gasteiger partial charge in [-0.1, -0.05) is 32.0 Å². The van der Waals surface area contributed by atoms with E-state index < -0.39 is 30.6 Å². The van der Waals surface area contributed by atoms with Crippen molar-refractivity contribution in [1.29, 1.82) is 0 Å². The van der Waals surface area contributed by atoms with Crippen LogP contribution in [0.3, 0.4) is 0 Å². The minimum absolute atomic E-state index is 0.177. The predicted molar refractivity (Wildman–Crippen MR) is 104 cm³/mol. The summed E-state index contributed by atoms with van der Waals surface area (Å²) in [7, 11) is 0. The van der Waals surface area contributed by atoms with Gasteiger partial charge in [0.15, 0.2) is 0 Å². The summed E-state index contributed by atoms with van der Waals surface area (Å²) in [5.41, 5.74) is 2.66. The number of nitrogens with one attached hydrogen (secondary N) is 1. The first-order valence-electron chi connectivity index (χ1n) is 9.53. The normalized spacial score (nSPS) is 16.8. The van der Waals surface area contributed by atoms with Crippen molar-refractivity contribution in [3.63, 3.8) is 0 Å². The van der Waals surface area contributed by atoms with Crippen LogP contribution in [-0.4, -0.2) is 29.4 Å². The molecular weight excluding hydrogens is 368 g/mol. The van der Waals surface area contributed by atoms with Crippen LogP contribution in [-0.2, 0) is 6.42 Å². The van der Waals surface area contributed by atoms with Gasteiger partial charge in [-0.3, -0.25) is 4.90 Å². The number of aryl methyl sites for hydroxylation is 1. The first-order valence-corrected chi connectivity index (χ1v) is 9.53. The largest absolute Gasteiger partial charge is 0.357 e. The molecule has 150 valence electrons. The van der Waals surface area contributed by atoms with E-state index in [1.165, 1.54) is 17.0 Å². The van der Waals surface area contributed by atoms with Gasteiger partial charge in [0.2, 0.25) is 0 Å². The molecule has 4 rings (SSSR count). The van der Waals surface area contributed by atoms with E-state index in [-0.39, 0.29) is 5.56 Å². The topological polar surface area (TPSA) is 19.0 Å². The summed E-state index contributed by atoms with van der Waals surface area (Å²) in [5.74, 6) is -1.42. The Morgan fingerprint density at radius 2 is 1.75 bits per heavy atom. The lowest BCUT2D eigenvalue weighted by Crippen LogP contribution is -2.39. The Bertz CT molecular complexity index is 941. The van der Waals surface area contributed by atoms with Gasteiger partial charge >= 0.3 is 0 Å². The van der Waals surface area contributed by atoms with Crippen molar-refractivity contribution in [1.82, 2.24) is 9.88 Å². The van der Waals surface area contributed by atoms with Crippen LogP contribution < -0.4 is 0 Å². The van der Waals surface area contributed by atoms with Gasteiger partial charge < -0.3 is 4.98 Å². The molecule has 3 aromatic rings. The van der Waals surface area contributed by atoms with E-state index in [1.54, 1.807) is 6.92 Å². The summed E-state index contributed by atoms with van der Waals surface area (Å²) in [6, 6.07) is 9.16. The maximum absolute atomic E-state index is 14.7. The zero-order valence-electron chi connectivity index (χ0n) is 16.2. The average molecular weight is 392 g/mol. The van der Waals surface area contributed by atoms with Gasteiger partial charge in [0.1, 0.15) is 11.6 Å². The van der Waals surface area contributed by atoms with E-state index in [2.05, 4.69) is 4.98 Å². The molecule has 1 aliphatic heterocycles. The van der Waals surface area contributed by atoms with Crippen molar-refractivity contribution in [2.75, 3.05) is 13.1 Å². The standard InChI is InChI=1S/C20H18F4N2.C2H6/c1-11-8-14(21)18(15(22)9-11)20-19-13(6-7-26(20)10-17(23)24)12-4-2-3-5-16(12)25-19;1-2/h2-5,8-9,17,20,25H,6-7,10H2,1H3;1-2H3. The number of hydrogen-bond donors (Lipinski definition) is 1. The molecule has 2 nitrogen and oxygen atoms in total. The zero-order valence-corrected chi connectivity index (χ0v) is 16.2. The number of nitrogens with zero attached hydrogens (tertiary/aromatic N) is 1. The molecule has 0 amide bonds. The van der Waals surface area contributed by atoms with Crippen LogP contribution >= 0.6 is 0 Å². The van der Waals surface area contributed by atoms with E-state index >= 15 is 0 Å². The predicted octanol–water partition coefficient (Wildman–Crippen LogP) is 5.99. The van der Waals surface area contributed by atoms with Gasteiger partial charge in [-0.15, -0.1) is 0 Å². The van der Waals surface area contributed by atoms with E-state index in [9.17, 15) is 17.6 Å². The second-order valence-electron chi connectivity index (χ2n) is 6.74. The molecule has 0 aliphatic carbocycles. The summed E-state index contributed by atoms with van der Waals surface area (Å²) >= 11 is 0. The number of rotatable bonds is 3. The van der Waals surface area contributed by atoms with Crippen molar-refractivity contribution >= 4 is 10.9 Å². The SMILES string of the molecule is CC.Cc1cc(F)c(C2c3[nH]c4ccccc4c3CCN2CC(F)F)c(F)c1. The molecular formula is C22H24F4N2. The van der Waals surface area contributed by atoms with E-state index in [4.69, 9.17) is 0 Å². The fourth-order valence-corrected chi connectivity index (χ4v) is 3.96. The molecule has 0 radical (unpaired) electrons. The van der Waals surface area contributed by atoms with E-state index in [0.29, 0.717) is 24.2 Å². The Kier molecular flexibility index (Phi) is 6.08. The average Bonchev–Trinajstić information content (AvgIpc) is 3.02. The first kappa shape index (κ1) is 20.4. The van der Waals surface area contributed by atoms with Crippen molar-refractivity contribution in [2.45, 2.75) is 39.7 Å². The number of benzene rings is 2. The number of aromatic nitrogens is 1. The summed E-state index contributed by atoms with van der Waals surface area (Å²) < 4.78 is 55.6. The zero-order chi connectivity index (χ0) is 20.4. The van der Waals surface area contributed by atoms with Crippen LogP contribution in [0.5, 0.6) is 0 Å². The number of alkyl halides is 2. The lowest BCUT2D eigenvalue weighted by molar-refractivity contribution is 0.0679. The summed E-state index contributed by atoms with van der Waals surface area (Å²) in [5, 5.41) is 0.970. The first-order chi connectivity index (χ1) is 13.5. The lowest BCUT2D eigenvalue weighted by Gasteiger charge is -2.36. The van der Waals surface area contributed by atoms with Crippen molar-refractivity contribution in [2.24, 2.45) is 0 Å². The van der Waals surface area contributed by atoms with E-state index in [0.717, 1.165) is 16.5 Å². The number of para-hydroxylation sites is 1. The Hall–Kier alpha value is -2.34. The third-order valence-corrected chi connectivity index (χ3v) is 5.00. The van der Waals surface area contributed by atoms with Crippen LogP contribution in [0.2, 0.25) is 0 Å². The molecule has 2 aromatic carbocycles. The molecule has 2 heterocycles. The highest BCUT2D eigenvalue weighted by molar-refractivity contribution is 5.85. The quantitative estimate of drug-likeness (QED) is 0.542. The third-order valence-electron chi connectivity index (χ3n) is 5.00. The van der Waals surface area contributed by atoms with Gasteiger partial charge in [0, 0.05) is 28.7 Å². The third kappa shape index (κ3) is 3.65. The molecule has 1 unspecified atom stereocenters.